The molecule has 1 fully saturated rings. The van der Waals surface area contributed by atoms with E-state index in [4.69, 9.17) is 4.74 Å². The van der Waals surface area contributed by atoms with Crippen LogP contribution in [0.15, 0.2) is 40.3 Å². The number of aryl methyl sites for hydroxylation is 2. The van der Waals surface area contributed by atoms with Gasteiger partial charge in [-0.3, -0.25) is 13.9 Å². The van der Waals surface area contributed by atoms with Crippen molar-refractivity contribution in [2.75, 3.05) is 26.7 Å². The predicted octanol–water partition coefficient (Wildman–Crippen LogP) is 2.19. The van der Waals surface area contributed by atoms with Crippen molar-refractivity contribution in [2.24, 2.45) is 14.1 Å². The van der Waals surface area contributed by atoms with Gasteiger partial charge in [-0.05, 0) is 68.6 Å². The summed E-state index contributed by atoms with van der Waals surface area (Å²) >= 11 is 0. The number of benzene rings is 1. The van der Waals surface area contributed by atoms with E-state index in [2.05, 4.69) is 33.2 Å². The Morgan fingerprint density at radius 3 is 2.67 bits per heavy atom. The van der Waals surface area contributed by atoms with E-state index in [9.17, 15) is 9.59 Å². The molecule has 4 heterocycles. The van der Waals surface area contributed by atoms with Crippen LogP contribution in [-0.4, -0.2) is 55.3 Å². The van der Waals surface area contributed by atoms with Gasteiger partial charge < -0.3 is 19.2 Å². The van der Waals surface area contributed by atoms with E-state index in [0.717, 1.165) is 54.7 Å². The van der Waals surface area contributed by atoms with Gasteiger partial charge in [0.25, 0.3) is 5.56 Å². The number of ether oxygens (including phenoxy) is 1. The first kappa shape index (κ1) is 21.5. The fourth-order valence-corrected chi connectivity index (χ4v) is 5.08. The quantitative estimate of drug-likeness (QED) is 0.486. The zero-order valence-electron chi connectivity index (χ0n) is 19.4. The molecule has 9 heteroatoms. The van der Waals surface area contributed by atoms with Gasteiger partial charge in [-0.2, -0.15) is 0 Å². The average Bonchev–Trinajstić information content (AvgIpc) is 3.46. The molecule has 1 aliphatic rings. The van der Waals surface area contributed by atoms with Gasteiger partial charge in [0.2, 0.25) is 0 Å². The number of methoxy groups -OCH3 is 1. The number of aromatic nitrogens is 5. The fraction of sp³-hybridized carbons (Fsp3) is 0.458. The normalized spacial score (nSPS) is 15.6. The van der Waals surface area contributed by atoms with E-state index >= 15 is 0 Å². The summed E-state index contributed by atoms with van der Waals surface area (Å²) in [6.45, 7) is 3.79. The zero-order chi connectivity index (χ0) is 23.1. The molecule has 0 atom stereocenters. The SMILES string of the molecule is COc1ccc2[nH]cc(C3CCN(CCCn4cnc5c4c(=O)n(C)c(=O)n5C)CC3)c2c1. The number of fused-ring (bicyclic) bond motifs is 2. The number of likely N-dealkylation sites (tertiary alicyclic amines) is 1. The highest BCUT2D eigenvalue weighted by Crippen LogP contribution is 2.34. The first-order valence-electron chi connectivity index (χ1n) is 11.5. The first-order chi connectivity index (χ1) is 16.0. The van der Waals surface area contributed by atoms with Crippen LogP contribution in [-0.2, 0) is 20.6 Å². The molecule has 0 radical (unpaired) electrons. The number of nitrogens with zero attached hydrogens (tertiary/aromatic N) is 5. The molecule has 0 bridgehead atoms. The lowest BCUT2D eigenvalue weighted by molar-refractivity contribution is 0.208. The number of hydrogen-bond acceptors (Lipinski definition) is 5. The van der Waals surface area contributed by atoms with E-state index in [1.807, 2.05) is 10.6 Å². The lowest BCUT2D eigenvalue weighted by Gasteiger charge is -2.32. The largest absolute Gasteiger partial charge is 0.497 e. The van der Waals surface area contributed by atoms with Crippen molar-refractivity contribution in [3.05, 3.63) is 57.1 Å². The molecule has 4 aromatic rings. The molecule has 0 unspecified atom stereocenters. The maximum Gasteiger partial charge on any atom is 0.332 e. The highest BCUT2D eigenvalue weighted by atomic mass is 16.5. The number of hydrogen-bond donors (Lipinski definition) is 1. The minimum absolute atomic E-state index is 0.290. The predicted molar refractivity (Wildman–Crippen MR) is 128 cm³/mol. The van der Waals surface area contributed by atoms with Gasteiger partial charge in [0.15, 0.2) is 11.2 Å². The monoisotopic (exact) mass is 450 g/mol. The highest BCUT2D eigenvalue weighted by molar-refractivity contribution is 5.85. The minimum Gasteiger partial charge on any atom is -0.497 e. The van der Waals surface area contributed by atoms with E-state index in [-0.39, 0.29) is 11.2 Å². The third-order valence-electron chi connectivity index (χ3n) is 7.04. The summed E-state index contributed by atoms with van der Waals surface area (Å²) < 4.78 is 9.86. The van der Waals surface area contributed by atoms with Crippen LogP contribution in [0.25, 0.3) is 22.1 Å². The minimum atomic E-state index is -0.353. The Bertz CT molecular complexity index is 1420. The Morgan fingerprint density at radius 2 is 1.91 bits per heavy atom. The molecule has 1 aliphatic heterocycles. The van der Waals surface area contributed by atoms with Gasteiger partial charge in [0.05, 0.1) is 13.4 Å². The second kappa shape index (κ2) is 8.55. The molecule has 0 aliphatic carbocycles. The summed E-state index contributed by atoms with van der Waals surface area (Å²) in [4.78, 5) is 34.9. The van der Waals surface area contributed by atoms with Crippen molar-refractivity contribution in [3.63, 3.8) is 0 Å². The van der Waals surface area contributed by atoms with E-state index in [1.54, 1.807) is 20.5 Å². The average molecular weight is 451 g/mol. The van der Waals surface area contributed by atoms with Crippen molar-refractivity contribution in [1.82, 2.24) is 28.6 Å². The molecule has 0 amide bonds. The second-order valence-electron chi connectivity index (χ2n) is 8.94. The zero-order valence-corrected chi connectivity index (χ0v) is 19.4. The van der Waals surface area contributed by atoms with Crippen LogP contribution >= 0.6 is 0 Å². The van der Waals surface area contributed by atoms with Gasteiger partial charge in [0, 0.05) is 37.7 Å². The third kappa shape index (κ3) is 3.76. The van der Waals surface area contributed by atoms with Crippen LogP contribution in [0.3, 0.4) is 0 Å². The summed E-state index contributed by atoms with van der Waals surface area (Å²) in [5.74, 6) is 1.44. The smallest absolute Gasteiger partial charge is 0.332 e. The van der Waals surface area contributed by atoms with Crippen LogP contribution in [0.2, 0.25) is 0 Å². The van der Waals surface area contributed by atoms with Crippen LogP contribution in [0, 0.1) is 0 Å². The van der Waals surface area contributed by atoms with E-state index in [0.29, 0.717) is 23.6 Å². The molecular weight excluding hydrogens is 420 g/mol. The van der Waals surface area contributed by atoms with Crippen molar-refractivity contribution in [2.45, 2.75) is 31.7 Å². The molecule has 3 aromatic heterocycles. The highest BCUT2D eigenvalue weighted by Gasteiger charge is 2.23. The second-order valence-corrected chi connectivity index (χ2v) is 8.94. The molecule has 1 aromatic carbocycles. The van der Waals surface area contributed by atoms with Crippen LogP contribution < -0.4 is 16.0 Å². The van der Waals surface area contributed by atoms with Crippen molar-refractivity contribution < 1.29 is 4.74 Å². The molecule has 174 valence electrons. The Balaban J connectivity index is 1.21. The Morgan fingerprint density at radius 1 is 1.12 bits per heavy atom. The lowest BCUT2D eigenvalue weighted by atomic mass is 9.89. The van der Waals surface area contributed by atoms with Crippen LogP contribution in [0.5, 0.6) is 5.75 Å². The molecule has 0 saturated carbocycles. The number of nitrogens with one attached hydrogen (secondary N) is 1. The summed E-state index contributed by atoms with van der Waals surface area (Å²) in [5.41, 5.74) is 2.84. The van der Waals surface area contributed by atoms with Crippen molar-refractivity contribution in [1.29, 1.82) is 0 Å². The molecule has 0 spiro atoms. The van der Waals surface area contributed by atoms with E-state index in [1.165, 1.54) is 22.6 Å². The molecular formula is C24H30N6O3. The lowest BCUT2D eigenvalue weighted by Crippen LogP contribution is -2.37. The molecule has 5 rings (SSSR count). The Labute approximate surface area is 191 Å². The third-order valence-corrected chi connectivity index (χ3v) is 7.04. The number of aromatic amines is 1. The van der Waals surface area contributed by atoms with Crippen LogP contribution in [0.4, 0.5) is 0 Å². The molecule has 1 saturated heterocycles. The van der Waals surface area contributed by atoms with Crippen molar-refractivity contribution >= 4 is 22.1 Å². The Kier molecular flexibility index (Phi) is 5.57. The number of imidazole rings is 1. The summed E-state index contributed by atoms with van der Waals surface area (Å²) in [5, 5.41) is 1.26. The van der Waals surface area contributed by atoms with Gasteiger partial charge in [0.1, 0.15) is 5.75 Å². The van der Waals surface area contributed by atoms with Crippen molar-refractivity contribution in [3.8, 4) is 5.75 Å². The van der Waals surface area contributed by atoms with Gasteiger partial charge >= 0.3 is 5.69 Å². The summed E-state index contributed by atoms with van der Waals surface area (Å²) in [6, 6.07) is 6.20. The molecule has 9 nitrogen and oxygen atoms in total. The number of rotatable bonds is 6. The maximum absolute atomic E-state index is 12.6. The van der Waals surface area contributed by atoms with Gasteiger partial charge in [-0.15, -0.1) is 0 Å². The van der Waals surface area contributed by atoms with E-state index < -0.39 is 0 Å². The van der Waals surface area contributed by atoms with Gasteiger partial charge in [-0.25, -0.2) is 9.78 Å². The maximum atomic E-state index is 12.6. The molecule has 1 N–H and O–H groups in total. The number of H-pyrrole nitrogens is 1. The Hall–Kier alpha value is -3.33. The first-order valence-corrected chi connectivity index (χ1v) is 11.5. The molecule has 33 heavy (non-hydrogen) atoms. The van der Waals surface area contributed by atoms with Gasteiger partial charge in [-0.1, -0.05) is 0 Å². The van der Waals surface area contributed by atoms with Crippen LogP contribution in [0.1, 0.15) is 30.7 Å². The summed E-state index contributed by atoms with van der Waals surface area (Å²) in [7, 11) is 4.86. The summed E-state index contributed by atoms with van der Waals surface area (Å²) in [6.07, 6.45) is 7.00. The fourth-order valence-electron chi connectivity index (χ4n) is 5.08. The number of piperidine rings is 1. The topological polar surface area (TPSA) is 90.1 Å². The standard InChI is InChI=1S/C24H30N6O3/c1-27-22-21(23(31)28(2)24(27)32)30(15-26-22)10-4-9-29-11-7-16(8-12-29)19-14-25-20-6-5-17(33-3)13-18(19)20/h5-6,13-16,25H,4,7-12H2,1-3H3.